The van der Waals surface area contributed by atoms with Gasteiger partial charge in [0.15, 0.2) is 16.4 Å². The van der Waals surface area contributed by atoms with Crippen LogP contribution in [-0.2, 0) is 19.4 Å². The monoisotopic (exact) mass is 478 g/mol. The molecule has 0 saturated heterocycles. The van der Waals surface area contributed by atoms with Crippen molar-refractivity contribution in [3.05, 3.63) is 94.7 Å². The molecule has 1 aliphatic heterocycles. The van der Waals surface area contributed by atoms with Crippen molar-refractivity contribution in [2.24, 2.45) is 0 Å². The Labute approximate surface area is 199 Å². The minimum atomic E-state index is -3.38. The number of amides is 1. The Morgan fingerprint density at radius 2 is 1.71 bits per heavy atom. The maximum Gasteiger partial charge on any atom is 0.340 e. The van der Waals surface area contributed by atoms with Crippen LogP contribution in [0.4, 0.5) is 5.69 Å². The van der Waals surface area contributed by atoms with Gasteiger partial charge in [0.25, 0.3) is 5.91 Å². The van der Waals surface area contributed by atoms with Gasteiger partial charge in [0, 0.05) is 28.2 Å². The number of carbonyl (C=O) groups excluding carboxylic acids is 2. The highest BCUT2D eigenvalue weighted by atomic mass is 32.2. The molecule has 8 heteroatoms. The number of para-hydroxylation sites is 1. The molecule has 0 saturated carbocycles. The van der Waals surface area contributed by atoms with E-state index in [4.69, 9.17) is 4.74 Å². The first-order valence-corrected chi connectivity index (χ1v) is 12.6. The van der Waals surface area contributed by atoms with E-state index in [9.17, 15) is 18.0 Å². The molecule has 1 atom stereocenters. The standard InChI is InChI=1S/C26H26N2O5S/c1-18-9-11-22(12-10-18)27-19(2)15-24(20(27)3)26(30)33-16-25(29)28(21-7-5-4-6-8-21)23-13-14-34(31,32)17-23/h4-15,23H,16-17H2,1-3H3. The molecule has 1 unspecified atom stereocenters. The third-order valence-corrected chi connectivity index (χ3v) is 7.19. The molecule has 176 valence electrons. The molecule has 1 aromatic heterocycles. The van der Waals surface area contributed by atoms with Crippen LogP contribution in [0.3, 0.4) is 0 Å². The number of aromatic nitrogens is 1. The van der Waals surface area contributed by atoms with Gasteiger partial charge in [0.2, 0.25) is 0 Å². The molecule has 1 aliphatic rings. The van der Waals surface area contributed by atoms with Crippen molar-refractivity contribution in [2.75, 3.05) is 17.3 Å². The van der Waals surface area contributed by atoms with Crippen LogP contribution in [0.1, 0.15) is 27.3 Å². The lowest BCUT2D eigenvalue weighted by atomic mass is 10.2. The third kappa shape index (κ3) is 4.82. The van der Waals surface area contributed by atoms with Crippen LogP contribution in [0.15, 0.2) is 72.1 Å². The first kappa shape index (κ1) is 23.5. The van der Waals surface area contributed by atoms with Gasteiger partial charge in [0.1, 0.15) is 0 Å². The van der Waals surface area contributed by atoms with Crippen LogP contribution in [0.25, 0.3) is 5.69 Å². The van der Waals surface area contributed by atoms with Crippen LogP contribution in [0, 0.1) is 20.8 Å². The van der Waals surface area contributed by atoms with Gasteiger partial charge >= 0.3 is 5.97 Å². The van der Waals surface area contributed by atoms with Gasteiger partial charge in [0.05, 0.1) is 17.4 Å². The number of anilines is 1. The van der Waals surface area contributed by atoms with Crippen molar-refractivity contribution in [3.8, 4) is 5.69 Å². The lowest BCUT2D eigenvalue weighted by molar-refractivity contribution is -0.121. The molecule has 0 bridgehead atoms. The number of hydrogen-bond donors (Lipinski definition) is 0. The highest BCUT2D eigenvalue weighted by Crippen LogP contribution is 2.24. The average molecular weight is 479 g/mol. The normalized spacial score (nSPS) is 16.4. The highest BCUT2D eigenvalue weighted by molar-refractivity contribution is 7.94. The molecule has 2 heterocycles. The van der Waals surface area contributed by atoms with Crippen LogP contribution >= 0.6 is 0 Å². The molecule has 0 fully saturated rings. The van der Waals surface area contributed by atoms with Crippen LogP contribution < -0.4 is 4.90 Å². The van der Waals surface area contributed by atoms with E-state index in [-0.39, 0.29) is 5.75 Å². The lowest BCUT2D eigenvalue weighted by Crippen LogP contribution is -2.43. The minimum absolute atomic E-state index is 0.209. The second-order valence-electron chi connectivity index (χ2n) is 8.36. The third-order valence-electron chi connectivity index (χ3n) is 5.82. The van der Waals surface area contributed by atoms with Gasteiger partial charge in [-0.15, -0.1) is 0 Å². The van der Waals surface area contributed by atoms with Crippen molar-refractivity contribution in [2.45, 2.75) is 26.8 Å². The summed E-state index contributed by atoms with van der Waals surface area (Å²) in [5, 5.41) is 1.12. The molecule has 0 spiro atoms. The van der Waals surface area contributed by atoms with E-state index in [1.54, 1.807) is 36.4 Å². The summed E-state index contributed by atoms with van der Waals surface area (Å²) in [6.45, 7) is 5.23. The van der Waals surface area contributed by atoms with E-state index in [0.29, 0.717) is 16.9 Å². The zero-order valence-corrected chi connectivity index (χ0v) is 20.1. The van der Waals surface area contributed by atoms with Gasteiger partial charge in [-0.1, -0.05) is 35.9 Å². The minimum Gasteiger partial charge on any atom is -0.452 e. The Kier molecular flexibility index (Phi) is 6.43. The maximum atomic E-state index is 13.1. The molecule has 3 aromatic rings. The Bertz CT molecular complexity index is 1360. The predicted molar refractivity (Wildman–Crippen MR) is 131 cm³/mol. The molecular formula is C26H26N2O5S. The van der Waals surface area contributed by atoms with Gasteiger partial charge in [-0.3, -0.25) is 4.79 Å². The highest BCUT2D eigenvalue weighted by Gasteiger charge is 2.32. The molecule has 7 nitrogen and oxygen atoms in total. The Morgan fingerprint density at radius 1 is 1.03 bits per heavy atom. The maximum absolute atomic E-state index is 13.1. The summed E-state index contributed by atoms with van der Waals surface area (Å²) in [4.78, 5) is 27.4. The Balaban J connectivity index is 1.53. The molecule has 34 heavy (non-hydrogen) atoms. The van der Waals surface area contributed by atoms with Gasteiger partial charge in [-0.2, -0.15) is 0 Å². The molecule has 0 aliphatic carbocycles. The summed E-state index contributed by atoms with van der Waals surface area (Å²) in [6.07, 6.45) is 1.48. The molecule has 1 amide bonds. The van der Waals surface area contributed by atoms with E-state index in [1.165, 1.54) is 11.0 Å². The van der Waals surface area contributed by atoms with Crippen LogP contribution in [-0.4, -0.2) is 43.3 Å². The van der Waals surface area contributed by atoms with Crippen molar-refractivity contribution in [1.29, 1.82) is 0 Å². The largest absolute Gasteiger partial charge is 0.452 e. The number of sulfone groups is 1. The Hall–Kier alpha value is -3.65. The first-order valence-electron chi connectivity index (χ1n) is 10.9. The van der Waals surface area contributed by atoms with E-state index in [0.717, 1.165) is 22.4 Å². The van der Waals surface area contributed by atoms with Gasteiger partial charge in [-0.25, -0.2) is 13.2 Å². The number of hydrogen-bond acceptors (Lipinski definition) is 5. The summed E-state index contributed by atoms with van der Waals surface area (Å²) in [5.41, 5.74) is 4.56. The number of rotatable bonds is 6. The van der Waals surface area contributed by atoms with Crippen molar-refractivity contribution in [3.63, 3.8) is 0 Å². The van der Waals surface area contributed by atoms with Crippen LogP contribution in [0.2, 0.25) is 0 Å². The summed E-state index contributed by atoms with van der Waals surface area (Å²) in [6, 6.07) is 17.8. The van der Waals surface area contributed by atoms with E-state index < -0.39 is 34.4 Å². The molecule has 2 aromatic carbocycles. The topological polar surface area (TPSA) is 85.7 Å². The first-order chi connectivity index (χ1) is 16.2. The fourth-order valence-electron chi connectivity index (χ4n) is 4.16. The van der Waals surface area contributed by atoms with Crippen LogP contribution in [0.5, 0.6) is 0 Å². The lowest BCUT2D eigenvalue weighted by Gasteiger charge is -2.27. The summed E-state index contributed by atoms with van der Waals surface area (Å²) >= 11 is 0. The SMILES string of the molecule is Cc1ccc(-n2c(C)cc(C(=O)OCC(=O)N(c3ccccc3)C3C=CS(=O)(=O)C3)c2C)cc1. The fourth-order valence-corrected chi connectivity index (χ4v) is 5.43. The number of benzene rings is 2. The van der Waals surface area contributed by atoms with Crippen molar-refractivity contribution in [1.82, 2.24) is 4.57 Å². The zero-order valence-electron chi connectivity index (χ0n) is 19.3. The second-order valence-corrected chi connectivity index (χ2v) is 10.3. The molecular weight excluding hydrogens is 452 g/mol. The second kappa shape index (κ2) is 9.30. The fraction of sp³-hybridized carbons (Fsp3) is 0.231. The quantitative estimate of drug-likeness (QED) is 0.502. The average Bonchev–Trinajstić information content (AvgIpc) is 3.31. The van der Waals surface area contributed by atoms with E-state index >= 15 is 0 Å². The number of ether oxygens (including phenoxy) is 1. The van der Waals surface area contributed by atoms with Gasteiger partial charge < -0.3 is 14.2 Å². The number of carbonyl (C=O) groups is 2. The number of aryl methyl sites for hydroxylation is 2. The number of esters is 1. The smallest absolute Gasteiger partial charge is 0.340 e. The Morgan fingerprint density at radius 3 is 2.32 bits per heavy atom. The zero-order chi connectivity index (χ0) is 24.5. The predicted octanol–water partition coefficient (Wildman–Crippen LogP) is 3.90. The molecule has 0 radical (unpaired) electrons. The van der Waals surface area contributed by atoms with E-state index in [2.05, 4.69) is 0 Å². The summed E-state index contributed by atoms with van der Waals surface area (Å²) in [5.74, 6) is -1.32. The van der Waals surface area contributed by atoms with Crippen molar-refractivity contribution >= 4 is 27.4 Å². The summed E-state index contributed by atoms with van der Waals surface area (Å²) in [7, 11) is -3.38. The van der Waals surface area contributed by atoms with E-state index in [1.807, 2.05) is 49.6 Å². The number of nitrogens with zero attached hydrogens (tertiary/aromatic N) is 2. The van der Waals surface area contributed by atoms with Gasteiger partial charge in [-0.05, 0) is 57.2 Å². The molecule has 0 N–H and O–H groups in total. The van der Waals surface area contributed by atoms with Crippen molar-refractivity contribution < 1.29 is 22.7 Å². The molecule has 4 rings (SSSR count). The summed E-state index contributed by atoms with van der Waals surface area (Å²) < 4.78 is 31.2.